The number of hydrogen-bond acceptors (Lipinski definition) is 4. The second-order valence-corrected chi connectivity index (χ2v) is 9.12. The third-order valence-electron chi connectivity index (χ3n) is 4.73. The van der Waals surface area contributed by atoms with Gasteiger partial charge in [-0.2, -0.15) is 5.10 Å². The molecule has 3 aromatic rings. The van der Waals surface area contributed by atoms with Crippen molar-refractivity contribution in [3.63, 3.8) is 0 Å². The second-order valence-electron chi connectivity index (χ2n) is 7.08. The van der Waals surface area contributed by atoms with E-state index in [9.17, 15) is 13.2 Å². The van der Waals surface area contributed by atoms with Crippen LogP contribution in [0.4, 0.5) is 5.82 Å². The monoisotopic (exact) mass is 426 g/mol. The number of anilines is 1. The molecule has 0 radical (unpaired) electrons. The molecular weight excluding hydrogens is 400 g/mol. The van der Waals surface area contributed by atoms with Gasteiger partial charge < -0.3 is 5.32 Å². The van der Waals surface area contributed by atoms with E-state index in [1.165, 1.54) is 28.6 Å². The largest absolute Gasteiger partial charge is 0.306 e. The number of aryl methyl sites for hydroxylation is 1. The molecule has 2 aromatic carbocycles. The van der Waals surface area contributed by atoms with E-state index in [4.69, 9.17) is 0 Å². The van der Waals surface area contributed by atoms with Crippen molar-refractivity contribution in [2.45, 2.75) is 31.6 Å². The minimum Gasteiger partial charge on any atom is -0.306 e. The molecule has 0 aliphatic carbocycles. The lowest BCUT2D eigenvalue weighted by molar-refractivity contribution is 0.102. The number of hydrogen-bond donors (Lipinski definition) is 1. The van der Waals surface area contributed by atoms with Crippen molar-refractivity contribution in [1.29, 1.82) is 0 Å². The molecule has 1 aromatic heterocycles. The lowest BCUT2D eigenvalue weighted by Crippen LogP contribution is -2.28. The summed E-state index contributed by atoms with van der Waals surface area (Å²) < 4.78 is 28.3. The van der Waals surface area contributed by atoms with E-state index in [0.717, 1.165) is 24.2 Å². The number of carbonyl (C=O) groups is 1. The molecule has 158 valence electrons. The Morgan fingerprint density at radius 3 is 2.40 bits per heavy atom. The normalized spacial score (nSPS) is 11.6. The van der Waals surface area contributed by atoms with Crippen LogP contribution in [0.5, 0.6) is 0 Å². The standard InChI is InChI=1S/C22H26N4O3S/c1-4-5-15-25(3)30(28,29)20-13-11-18(12-14-20)22(27)23-21-16-17(2)24-26(21)19-9-7-6-8-10-19/h6-14,16H,4-5,15H2,1-3H3,(H,23,27). The fourth-order valence-electron chi connectivity index (χ4n) is 3.00. The summed E-state index contributed by atoms with van der Waals surface area (Å²) in [5.41, 5.74) is 1.96. The average Bonchev–Trinajstić information content (AvgIpc) is 3.12. The number of para-hydroxylation sites is 1. The minimum atomic E-state index is -3.56. The van der Waals surface area contributed by atoms with Gasteiger partial charge in [-0.15, -0.1) is 0 Å². The maximum atomic E-state index is 12.7. The summed E-state index contributed by atoms with van der Waals surface area (Å²) in [5, 5.41) is 7.29. The number of carbonyl (C=O) groups excluding carboxylic acids is 1. The summed E-state index contributed by atoms with van der Waals surface area (Å²) in [6.45, 7) is 4.33. The first-order valence-electron chi connectivity index (χ1n) is 9.82. The maximum absolute atomic E-state index is 12.7. The molecule has 0 unspecified atom stereocenters. The van der Waals surface area contributed by atoms with Crippen molar-refractivity contribution in [1.82, 2.24) is 14.1 Å². The van der Waals surface area contributed by atoms with Gasteiger partial charge in [0.05, 0.1) is 16.3 Å². The van der Waals surface area contributed by atoms with Gasteiger partial charge in [-0.1, -0.05) is 31.5 Å². The Morgan fingerprint density at radius 1 is 1.10 bits per heavy atom. The van der Waals surface area contributed by atoms with Crippen LogP contribution in [0.1, 0.15) is 35.8 Å². The zero-order chi connectivity index (χ0) is 21.7. The molecule has 0 aliphatic heterocycles. The van der Waals surface area contributed by atoms with Gasteiger partial charge in [-0.3, -0.25) is 4.79 Å². The topological polar surface area (TPSA) is 84.3 Å². The summed E-state index contributed by atoms with van der Waals surface area (Å²) >= 11 is 0. The van der Waals surface area contributed by atoms with Crippen LogP contribution in [0.2, 0.25) is 0 Å². The Kier molecular flexibility index (Phi) is 6.69. The Morgan fingerprint density at radius 2 is 1.77 bits per heavy atom. The summed E-state index contributed by atoms with van der Waals surface area (Å²) in [6.07, 6.45) is 1.71. The van der Waals surface area contributed by atoms with E-state index in [1.807, 2.05) is 44.2 Å². The number of unbranched alkanes of at least 4 members (excludes halogenated alkanes) is 1. The fourth-order valence-corrected chi connectivity index (χ4v) is 4.21. The van der Waals surface area contributed by atoms with E-state index in [1.54, 1.807) is 17.8 Å². The summed E-state index contributed by atoms with van der Waals surface area (Å²) in [7, 11) is -2.00. The summed E-state index contributed by atoms with van der Waals surface area (Å²) in [4.78, 5) is 12.9. The van der Waals surface area contributed by atoms with Gasteiger partial charge in [0.15, 0.2) is 0 Å². The molecule has 0 saturated carbocycles. The molecule has 0 aliphatic rings. The van der Waals surface area contributed by atoms with Crippen LogP contribution >= 0.6 is 0 Å². The molecule has 0 atom stereocenters. The van der Waals surface area contributed by atoms with E-state index >= 15 is 0 Å². The van der Waals surface area contributed by atoms with E-state index in [-0.39, 0.29) is 10.8 Å². The number of aromatic nitrogens is 2. The number of sulfonamides is 1. The molecule has 0 bridgehead atoms. The highest BCUT2D eigenvalue weighted by molar-refractivity contribution is 7.89. The first-order chi connectivity index (χ1) is 14.3. The fraction of sp³-hybridized carbons (Fsp3) is 0.273. The van der Waals surface area contributed by atoms with Crippen LogP contribution in [0.25, 0.3) is 5.69 Å². The molecule has 1 amide bonds. The van der Waals surface area contributed by atoms with E-state index in [2.05, 4.69) is 10.4 Å². The molecular formula is C22H26N4O3S. The molecule has 0 spiro atoms. The molecule has 1 N–H and O–H groups in total. The summed E-state index contributed by atoms with van der Waals surface area (Å²) in [6, 6.07) is 17.3. The minimum absolute atomic E-state index is 0.169. The Hall–Kier alpha value is -2.97. The van der Waals surface area contributed by atoms with Crippen molar-refractivity contribution < 1.29 is 13.2 Å². The van der Waals surface area contributed by atoms with Crippen LogP contribution in [0, 0.1) is 6.92 Å². The van der Waals surface area contributed by atoms with Crippen LogP contribution in [0.15, 0.2) is 65.6 Å². The van der Waals surface area contributed by atoms with E-state index in [0.29, 0.717) is 17.9 Å². The predicted octanol–water partition coefficient (Wildman–Crippen LogP) is 3.85. The van der Waals surface area contributed by atoms with Crippen LogP contribution in [-0.4, -0.2) is 42.0 Å². The summed E-state index contributed by atoms with van der Waals surface area (Å²) in [5.74, 6) is 0.204. The second kappa shape index (κ2) is 9.23. The lowest BCUT2D eigenvalue weighted by Gasteiger charge is -2.17. The van der Waals surface area contributed by atoms with Gasteiger partial charge in [0, 0.05) is 25.2 Å². The highest BCUT2D eigenvalue weighted by Crippen LogP contribution is 2.19. The van der Waals surface area contributed by atoms with Gasteiger partial charge >= 0.3 is 0 Å². The highest BCUT2D eigenvalue weighted by atomic mass is 32.2. The Balaban J connectivity index is 1.78. The lowest BCUT2D eigenvalue weighted by atomic mass is 10.2. The number of rotatable bonds is 8. The van der Waals surface area contributed by atoms with Crippen molar-refractivity contribution in [2.75, 3.05) is 18.9 Å². The van der Waals surface area contributed by atoms with Crippen LogP contribution in [-0.2, 0) is 10.0 Å². The van der Waals surface area contributed by atoms with Crippen molar-refractivity contribution in [3.8, 4) is 5.69 Å². The quantitative estimate of drug-likeness (QED) is 0.593. The van der Waals surface area contributed by atoms with Gasteiger partial charge in [-0.05, 0) is 49.7 Å². The molecule has 0 fully saturated rings. The molecule has 0 saturated heterocycles. The zero-order valence-electron chi connectivity index (χ0n) is 17.4. The SMILES string of the molecule is CCCCN(C)S(=O)(=O)c1ccc(C(=O)Nc2cc(C)nn2-c2ccccc2)cc1. The Labute approximate surface area is 177 Å². The maximum Gasteiger partial charge on any atom is 0.256 e. The number of nitrogens with zero attached hydrogens (tertiary/aromatic N) is 3. The third-order valence-corrected chi connectivity index (χ3v) is 6.60. The zero-order valence-corrected chi connectivity index (χ0v) is 18.2. The van der Waals surface area contributed by atoms with Gasteiger partial charge in [0.25, 0.3) is 5.91 Å². The van der Waals surface area contributed by atoms with Crippen molar-refractivity contribution >= 4 is 21.7 Å². The highest BCUT2D eigenvalue weighted by Gasteiger charge is 2.21. The van der Waals surface area contributed by atoms with Crippen molar-refractivity contribution in [3.05, 3.63) is 71.9 Å². The Bertz CT molecular complexity index is 1110. The predicted molar refractivity (Wildman–Crippen MR) is 117 cm³/mol. The van der Waals surface area contributed by atoms with Gasteiger partial charge in [0.2, 0.25) is 10.0 Å². The van der Waals surface area contributed by atoms with Gasteiger partial charge in [0.1, 0.15) is 5.82 Å². The smallest absolute Gasteiger partial charge is 0.256 e. The van der Waals surface area contributed by atoms with Gasteiger partial charge in [-0.25, -0.2) is 17.4 Å². The van der Waals surface area contributed by atoms with Crippen LogP contribution in [0.3, 0.4) is 0 Å². The van der Waals surface area contributed by atoms with E-state index < -0.39 is 10.0 Å². The van der Waals surface area contributed by atoms with Crippen molar-refractivity contribution in [2.24, 2.45) is 0 Å². The third kappa shape index (κ3) is 4.77. The number of amides is 1. The number of nitrogens with one attached hydrogen (secondary N) is 1. The first kappa shape index (κ1) is 21.7. The first-order valence-corrected chi connectivity index (χ1v) is 11.3. The molecule has 8 heteroatoms. The number of benzene rings is 2. The molecule has 3 rings (SSSR count). The average molecular weight is 427 g/mol. The molecule has 1 heterocycles. The molecule has 7 nitrogen and oxygen atoms in total. The van der Waals surface area contributed by atoms with Crippen LogP contribution < -0.4 is 5.32 Å². The molecule has 30 heavy (non-hydrogen) atoms.